The second-order valence-electron chi connectivity index (χ2n) is 4.96. The molecular weight excluding hydrogens is 312 g/mol. The standard InChI is InChI=1S/C6H14.3C4H6O2/c1-3-5-6-4-2;3*1-3(2)4(5)6/h3-6H2,1-2H3;3*1H2,2H3,(H,5,6). The van der Waals surface area contributed by atoms with Gasteiger partial charge in [-0.25, -0.2) is 14.4 Å². The Morgan fingerprint density at radius 2 is 0.750 bits per heavy atom. The molecule has 0 atom stereocenters. The molecule has 0 amide bonds. The number of hydrogen-bond donors (Lipinski definition) is 3. The normalized spacial score (nSPS) is 7.88. The summed E-state index contributed by atoms with van der Waals surface area (Å²) in [6.45, 7) is 18.3. The van der Waals surface area contributed by atoms with Crippen molar-refractivity contribution in [1.29, 1.82) is 0 Å². The maximum atomic E-state index is 9.60. The van der Waals surface area contributed by atoms with Crippen LogP contribution >= 0.6 is 0 Å². The fourth-order valence-electron chi connectivity index (χ4n) is 0.500. The molecule has 0 aromatic rings. The molecule has 0 saturated carbocycles. The quantitative estimate of drug-likeness (QED) is 0.482. The van der Waals surface area contributed by atoms with Crippen molar-refractivity contribution < 1.29 is 29.7 Å². The highest BCUT2D eigenvalue weighted by atomic mass is 16.4. The number of carboxylic acids is 3. The van der Waals surface area contributed by atoms with E-state index in [0.717, 1.165) is 0 Å². The molecule has 0 aliphatic rings. The van der Waals surface area contributed by atoms with Crippen LogP contribution < -0.4 is 0 Å². The second-order valence-corrected chi connectivity index (χ2v) is 4.96. The Balaban J connectivity index is -0.000000111. The summed E-state index contributed by atoms with van der Waals surface area (Å²) < 4.78 is 0. The van der Waals surface area contributed by atoms with E-state index in [1.807, 2.05) is 0 Å². The molecule has 0 unspecified atom stereocenters. The zero-order valence-electron chi connectivity index (χ0n) is 15.5. The molecule has 0 fully saturated rings. The zero-order valence-corrected chi connectivity index (χ0v) is 15.5. The number of aliphatic carboxylic acids is 3. The van der Waals surface area contributed by atoms with E-state index in [0.29, 0.717) is 0 Å². The molecule has 0 aromatic carbocycles. The third-order valence-electron chi connectivity index (χ3n) is 2.05. The van der Waals surface area contributed by atoms with Gasteiger partial charge < -0.3 is 15.3 Å². The average Bonchev–Trinajstić information content (AvgIpc) is 2.46. The first-order chi connectivity index (χ1) is 10.8. The molecule has 0 saturated heterocycles. The molecule has 0 bridgehead atoms. The van der Waals surface area contributed by atoms with Crippen LogP contribution in [0.2, 0.25) is 0 Å². The summed E-state index contributed by atoms with van der Waals surface area (Å²) in [6, 6.07) is 0. The van der Waals surface area contributed by atoms with Gasteiger partial charge in [-0.1, -0.05) is 59.3 Å². The van der Waals surface area contributed by atoms with Crippen LogP contribution in [-0.2, 0) is 14.4 Å². The van der Waals surface area contributed by atoms with E-state index >= 15 is 0 Å². The summed E-state index contributed by atoms with van der Waals surface area (Å²) in [6.07, 6.45) is 5.54. The minimum Gasteiger partial charge on any atom is -0.478 e. The van der Waals surface area contributed by atoms with Crippen molar-refractivity contribution in [3.8, 4) is 0 Å². The van der Waals surface area contributed by atoms with E-state index in [9.17, 15) is 14.4 Å². The van der Waals surface area contributed by atoms with E-state index in [4.69, 9.17) is 15.3 Å². The van der Waals surface area contributed by atoms with Gasteiger partial charge >= 0.3 is 17.9 Å². The minimum atomic E-state index is -0.935. The van der Waals surface area contributed by atoms with E-state index in [1.54, 1.807) is 0 Å². The molecule has 0 radical (unpaired) electrons. The Morgan fingerprint density at radius 1 is 0.625 bits per heavy atom. The van der Waals surface area contributed by atoms with Gasteiger partial charge in [0.15, 0.2) is 0 Å². The summed E-state index contributed by atoms with van der Waals surface area (Å²) in [5, 5.41) is 23.7. The van der Waals surface area contributed by atoms with Gasteiger partial charge in [-0.2, -0.15) is 0 Å². The molecule has 0 aromatic heterocycles. The molecule has 0 rings (SSSR count). The van der Waals surface area contributed by atoms with Crippen LogP contribution in [0, 0.1) is 0 Å². The Kier molecular flexibility index (Phi) is 25.5. The van der Waals surface area contributed by atoms with Crippen LogP contribution in [-0.4, -0.2) is 33.2 Å². The zero-order chi connectivity index (χ0) is 20.3. The number of hydrogen-bond acceptors (Lipinski definition) is 3. The van der Waals surface area contributed by atoms with Crippen molar-refractivity contribution in [1.82, 2.24) is 0 Å². The summed E-state index contributed by atoms with van der Waals surface area (Å²) in [7, 11) is 0. The highest BCUT2D eigenvalue weighted by molar-refractivity contribution is 5.85. The Morgan fingerprint density at radius 3 is 0.792 bits per heavy atom. The van der Waals surface area contributed by atoms with Crippen LogP contribution in [0.25, 0.3) is 0 Å². The molecule has 24 heavy (non-hydrogen) atoms. The fraction of sp³-hybridized carbons (Fsp3) is 0.500. The molecule has 140 valence electrons. The third kappa shape index (κ3) is 42.7. The number of carbonyl (C=O) groups is 3. The van der Waals surface area contributed by atoms with Gasteiger partial charge in [-0.05, 0) is 20.8 Å². The highest BCUT2D eigenvalue weighted by Gasteiger charge is 1.91. The highest BCUT2D eigenvalue weighted by Crippen LogP contribution is 1.95. The van der Waals surface area contributed by atoms with Gasteiger partial charge in [0.05, 0.1) is 0 Å². The lowest BCUT2D eigenvalue weighted by molar-refractivity contribution is -0.133. The fourth-order valence-corrected chi connectivity index (χ4v) is 0.500. The second kappa shape index (κ2) is 20.6. The summed E-state index contributed by atoms with van der Waals surface area (Å²) in [5.41, 5.74) is 0.528. The van der Waals surface area contributed by atoms with Crippen molar-refractivity contribution in [3.63, 3.8) is 0 Å². The monoisotopic (exact) mass is 344 g/mol. The molecule has 6 nitrogen and oxygen atoms in total. The largest absolute Gasteiger partial charge is 0.478 e. The third-order valence-corrected chi connectivity index (χ3v) is 2.05. The van der Waals surface area contributed by atoms with Crippen molar-refractivity contribution in [2.45, 2.75) is 60.3 Å². The van der Waals surface area contributed by atoms with Crippen molar-refractivity contribution >= 4 is 17.9 Å². The van der Waals surface area contributed by atoms with Crippen LogP contribution in [0.5, 0.6) is 0 Å². The maximum Gasteiger partial charge on any atom is 0.330 e. The maximum absolute atomic E-state index is 9.60. The molecule has 0 aliphatic heterocycles. The van der Waals surface area contributed by atoms with Crippen LogP contribution in [0.3, 0.4) is 0 Å². The summed E-state index contributed by atoms with van der Waals surface area (Å²) in [4.78, 5) is 28.8. The molecular formula is C18H32O6. The number of unbranched alkanes of at least 4 members (excludes halogenated alkanes) is 3. The first kappa shape index (κ1) is 29.6. The molecule has 6 heteroatoms. The smallest absolute Gasteiger partial charge is 0.330 e. The molecule has 0 heterocycles. The van der Waals surface area contributed by atoms with Crippen molar-refractivity contribution in [3.05, 3.63) is 36.5 Å². The van der Waals surface area contributed by atoms with Crippen LogP contribution in [0.15, 0.2) is 36.5 Å². The lowest BCUT2D eigenvalue weighted by atomic mass is 10.2. The Hall–Kier alpha value is -2.37. The number of carboxylic acid groups (broad SMARTS) is 3. The lowest BCUT2D eigenvalue weighted by Crippen LogP contribution is -1.92. The predicted octanol–water partition coefficient (Wildman–Crippen LogP) is 4.53. The van der Waals surface area contributed by atoms with Gasteiger partial charge in [-0.3, -0.25) is 0 Å². The van der Waals surface area contributed by atoms with Crippen molar-refractivity contribution in [2.75, 3.05) is 0 Å². The van der Waals surface area contributed by atoms with E-state index in [2.05, 4.69) is 33.6 Å². The molecule has 0 spiro atoms. The predicted molar refractivity (Wildman–Crippen MR) is 97.2 cm³/mol. The van der Waals surface area contributed by atoms with Crippen molar-refractivity contribution in [2.24, 2.45) is 0 Å². The SMILES string of the molecule is C=C(C)C(=O)O.C=C(C)C(=O)O.C=C(C)C(=O)O.CCCCCC. The topological polar surface area (TPSA) is 112 Å². The van der Waals surface area contributed by atoms with E-state index in [-0.39, 0.29) is 16.7 Å². The summed E-state index contributed by atoms with van der Waals surface area (Å²) >= 11 is 0. The Labute approximate surface area is 145 Å². The number of rotatable bonds is 6. The van der Waals surface area contributed by atoms with Gasteiger partial charge in [0.25, 0.3) is 0 Å². The molecule has 3 N–H and O–H groups in total. The summed E-state index contributed by atoms with van der Waals surface area (Å²) in [5.74, 6) is -2.81. The first-order valence-corrected chi connectivity index (χ1v) is 7.51. The van der Waals surface area contributed by atoms with E-state index < -0.39 is 17.9 Å². The van der Waals surface area contributed by atoms with Gasteiger partial charge in [0.1, 0.15) is 0 Å². The average molecular weight is 344 g/mol. The van der Waals surface area contributed by atoms with Gasteiger partial charge in [-0.15, -0.1) is 0 Å². The molecule has 0 aliphatic carbocycles. The van der Waals surface area contributed by atoms with E-state index in [1.165, 1.54) is 46.5 Å². The lowest BCUT2D eigenvalue weighted by Gasteiger charge is -1.86. The van der Waals surface area contributed by atoms with Gasteiger partial charge in [0.2, 0.25) is 0 Å². The van der Waals surface area contributed by atoms with Crippen LogP contribution in [0.1, 0.15) is 60.3 Å². The minimum absolute atomic E-state index is 0.176. The Bertz CT molecular complexity index is 324. The van der Waals surface area contributed by atoms with Crippen LogP contribution in [0.4, 0.5) is 0 Å². The van der Waals surface area contributed by atoms with Gasteiger partial charge in [0, 0.05) is 16.7 Å². The first-order valence-electron chi connectivity index (χ1n) is 7.51.